The van der Waals surface area contributed by atoms with Gasteiger partial charge in [0.15, 0.2) is 5.17 Å². The highest BCUT2D eigenvalue weighted by molar-refractivity contribution is 8.14. The molecule has 0 fully saturated rings. The third-order valence-electron chi connectivity index (χ3n) is 4.06. The van der Waals surface area contributed by atoms with Gasteiger partial charge < -0.3 is 5.32 Å². The summed E-state index contributed by atoms with van der Waals surface area (Å²) in [6.07, 6.45) is 1.70. The maximum atomic E-state index is 13.3. The molecule has 29 heavy (non-hydrogen) atoms. The standard InChI is InChI=1S/C22H22FN3O2S/c1-15(2)13-24-20(27)14-29-22-25-19(12-16-6-4-3-5-7-16)21(28)26(22)18-10-8-17(23)9-11-18/h3-12,15H,13-14H2,1-2H3,(H,24,27). The zero-order valence-electron chi connectivity index (χ0n) is 16.3. The summed E-state index contributed by atoms with van der Waals surface area (Å²) in [6.45, 7) is 4.62. The molecule has 1 N–H and O–H groups in total. The molecule has 1 aliphatic rings. The quantitative estimate of drug-likeness (QED) is 0.729. The summed E-state index contributed by atoms with van der Waals surface area (Å²) in [5.74, 6) is -0.344. The molecule has 1 heterocycles. The lowest BCUT2D eigenvalue weighted by molar-refractivity contribution is -0.118. The average molecular weight is 412 g/mol. The van der Waals surface area contributed by atoms with Crippen LogP contribution in [0.2, 0.25) is 0 Å². The zero-order chi connectivity index (χ0) is 20.8. The highest BCUT2D eigenvalue weighted by Crippen LogP contribution is 2.29. The van der Waals surface area contributed by atoms with Crippen LogP contribution < -0.4 is 10.2 Å². The Balaban J connectivity index is 1.84. The average Bonchev–Trinajstić information content (AvgIpc) is 3.01. The van der Waals surface area contributed by atoms with Crippen molar-refractivity contribution in [1.82, 2.24) is 5.32 Å². The summed E-state index contributed by atoms with van der Waals surface area (Å²) in [7, 11) is 0. The number of amides is 2. The number of amidine groups is 1. The molecule has 2 aromatic carbocycles. The highest BCUT2D eigenvalue weighted by Gasteiger charge is 2.32. The Morgan fingerprint density at radius 1 is 1.17 bits per heavy atom. The second kappa shape index (κ2) is 9.52. The SMILES string of the molecule is CC(C)CNC(=O)CSC1=NC(=Cc2ccccc2)C(=O)N1c1ccc(F)cc1. The Labute approximate surface area is 173 Å². The van der Waals surface area contributed by atoms with Crippen LogP contribution >= 0.6 is 11.8 Å². The van der Waals surface area contributed by atoms with E-state index in [0.29, 0.717) is 23.3 Å². The number of halogens is 1. The summed E-state index contributed by atoms with van der Waals surface area (Å²) >= 11 is 1.18. The number of thioether (sulfide) groups is 1. The maximum Gasteiger partial charge on any atom is 0.283 e. The van der Waals surface area contributed by atoms with Gasteiger partial charge >= 0.3 is 0 Å². The minimum atomic E-state index is -0.389. The Morgan fingerprint density at radius 3 is 2.52 bits per heavy atom. The molecule has 0 saturated carbocycles. The molecule has 0 saturated heterocycles. The third kappa shape index (κ3) is 5.54. The first-order valence-corrected chi connectivity index (χ1v) is 10.3. The minimum absolute atomic E-state index is 0.126. The predicted molar refractivity (Wildman–Crippen MR) is 116 cm³/mol. The number of carbonyl (C=O) groups is 2. The van der Waals surface area contributed by atoms with Crippen molar-refractivity contribution in [2.24, 2.45) is 10.9 Å². The predicted octanol–water partition coefficient (Wildman–Crippen LogP) is 4.07. The van der Waals surface area contributed by atoms with Crippen molar-refractivity contribution < 1.29 is 14.0 Å². The van der Waals surface area contributed by atoms with Crippen LogP contribution in [0.15, 0.2) is 65.3 Å². The van der Waals surface area contributed by atoms with Crippen LogP contribution in [0.3, 0.4) is 0 Å². The van der Waals surface area contributed by atoms with Crippen molar-refractivity contribution in [1.29, 1.82) is 0 Å². The molecular weight excluding hydrogens is 389 g/mol. The van der Waals surface area contributed by atoms with Gasteiger partial charge in [0.2, 0.25) is 5.91 Å². The van der Waals surface area contributed by atoms with Crippen molar-refractivity contribution in [2.45, 2.75) is 13.8 Å². The topological polar surface area (TPSA) is 61.8 Å². The first-order chi connectivity index (χ1) is 13.9. The normalized spacial score (nSPS) is 15.2. The Morgan fingerprint density at radius 2 is 1.86 bits per heavy atom. The zero-order valence-corrected chi connectivity index (χ0v) is 17.1. The Bertz CT molecular complexity index is 940. The van der Waals surface area contributed by atoms with E-state index in [1.165, 1.54) is 40.9 Å². The lowest BCUT2D eigenvalue weighted by atomic mass is 10.2. The number of benzene rings is 2. The van der Waals surface area contributed by atoms with Gasteiger partial charge in [-0.05, 0) is 41.8 Å². The van der Waals surface area contributed by atoms with Crippen LogP contribution in [-0.2, 0) is 9.59 Å². The number of nitrogens with zero attached hydrogens (tertiary/aromatic N) is 2. The highest BCUT2D eigenvalue weighted by atomic mass is 32.2. The molecule has 0 unspecified atom stereocenters. The number of hydrogen-bond acceptors (Lipinski definition) is 4. The molecule has 0 spiro atoms. The summed E-state index contributed by atoms with van der Waals surface area (Å²) < 4.78 is 13.3. The summed E-state index contributed by atoms with van der Waals surface area (Å²) in [4.78, 5) is 31.0. The number of aliphatic imine (C=N–C) groups is 1. The van der Waals surface area contributed by atoms with Crippen LogP contribution in [0.25, 0.3) is 6.08 Å². The number of rotatable bonds is 6. The third-order valence-corrected chi connectivity index (χ3v) is 5.00. The molecule has 1 aliphatic heterocycles. The van der Waals surface area contributed by atoms with Gasteiger partial charge in [0.05, 0.1) is 11.4 Å². The lowest BCUT2D eigenvalue weighted by Gasteiger charge is -2.17. The summed E-state index contributed by atoms with van der Waals surface area (Å²) in [6, 6.07) is 15.0. The Kier molecular flexibility index (Phi) is 6.82. The van der Waals surface area contributed by atoms with Crippen LogP contribution in [0.1, 0.15) is 19.4 Å². The van der Waals surface area contributed by atoms with E-state index < -0.39 is 0 Å². The summed E-state index contributed by atoms with van der Waals surface area (Å²) in [5.41, 5.74) is 1.62. The summed E-state index contributed by atoms with van der Waals surface area (Å²) in [5, 5.41) is 3.24. The van der Waals surface area contributed by atoms with E-state index in [4.69, 9.17) is 0 Å². The van der Waals surface area contributed by atoms with Gasteiger partial charge in [0.25, 0.3) is 5.91 Å². The fourth-order valence-corrected chi connectivity index (χ4v) is 3.46. The van der Waals surface area contributed by atoms with E-state index in [0.717, 1.165) is 5.56 Å². The molecule has 0 aromatic heterocycles. The smallest absolute Gasteiger partial charge is 0.283 e. The fraction of sp³-hybridized carbons (Fsp3) is 0.227. The van der Waals surface area contributed by atoms with E-state index in [9.17, 15) is 14.0 Å². The number of hydrogen-bond donors (Lipinski definition) is 1. The van der Waals surface area contributed by atoms with E-state index in [-0.39, 0.29) is 29.1 Å². The number of nitrogens with one attached hydrogen (secondary N) is 1. The van der Waals surface area contributed by atoms with Crippen molar-refractivity contribution in [2.75, 3.05) is 17.2 Å². The van der Waals surface area contributed by atoms with Gasteiger partial charge in [-0.2, -0.15) is 0 Å². The van der Waals surface area contributed by atoms with Crippen molar-refractivity contribution in [3.8, 4) is 0 Å². The van der Waals surface area contributed by atoms with Crippen LogP contribution in [-0.4, -0.2) is 29.3 Å². The second-order valence-corrected chi connectivity index (χ2v) is 7.88. The van der Waals surface area contributed by atoms with E-state index in [2.05, 4.69) is 10.3 Å². The van der Waals surface area contributed by atoms with E-state index >= 15 is 0 Å². The molecule has 2 amide bonds. The molecule has 0 atom stereocenters. The Hall–Kier alpha value is -2.93. The molecular formula is C22H22FN3O2S. The molecule has 2 aromatic rings. The van der Waals surface area contributed by atoms with Crippen molar-refractivity contribution >= 4 is 40.5 Å². The van der Waals surface area contributed by atoms with Crippen molar-refractivity contribution in [3.63, 3.8) is 0 Å². The van der Waals surface area contributed by atoms with Gasteiger partial charge in [-0.1, -0.05) is 55.9 Å². The van der Waals surface area contributed by atoms with Crippen molar-refractivity contribution in [3.05, 3.63) is 71.7 Å². The molecule has 0 bridgehead atoms. The number of anilines is 1. The number of carbonyl (C=O) groups excluding carboxylic acids is 2. The largest absolute Gasteiger partial charge is 0.355 e. The molecule has 3 rings (SSSR count). The fourth-order valence-electron chi connectivity index (χ4n) is 2.62. The first-order valence-electron chi connectivity index (χ1n) is 9.29. The monoisotopic (exact) mass is 411 g/mol. The minimum Gasteiger partial charge on any atom is -0.355 e. The molecule has 0 aliphatic carbocycles. The van der Waals surface area contributed by atoms with Crippen LogP contribution in [0.4, 0.5) is 10.1 Å². The maximum absolute atomic E-state index is 13.3. The first kappa shape index (κ1) is 20.8. The molecule has 150 valence electrons. The van der Waals surface area contributed by atoms with Gasteiger partial charge in [0.1, 0.15) is 11.5 Å². The van der Waals surface area contributed by atoms with E-state index in [1.807, 2.05) is 44.2 Å². The van der Waals surface area contributed by atoms with Crippen LogP contribution in [0, 0.1) is 11.7 Å². The molecule has 5 nitrogen and oxygen atoms in total. The van der Waals surface area contributed by atoms with Crippen LogP contribution in [0.5, 0.6) is 0 Å². The molecule has 7 heteroatoms. The van der Waals surface area contributed by atoms with E-state index in [1.54, 1.807) is 6.08 Å². The van der Waals surface area contributed by atoms with Gasteiger partial charge in [-0.25, -0.2) is 9.38 Å². The second-order valence-electron chi connectivity index (χ2n) is 6.94. The van der Waals surface area contributed by atoms with Gasteiger partial charge in [-0.3, -0.25) is 14.5 Å². The van der Waals surface area contributed by atoms with Gasteiger partial charge in [-0.15, -0.1) is 0 Å². The molecule has 0 radical (unpaired) electrons. The van der Waals surface area contributed by atoms with Gasteiger partial charge in [0, 0.05) is 6.54 Å². The lowest BCUT2D eigenvalue weighted by Crippen LogP contribution is -2.33.